The smallest absolute Gasteiger partial charge is 0.221 e. The van der Waals surface area contributed by atoms with Crippen molar-refractivity contribution in [3.63, 3.8) is 0 Å². The average molecular weight is 400 g/mol. The maximum absolute atomic E-state index is 11.1. The number of hydrogen-bond donors (Lipinski definition) is 3. The molecular formula is C22H26ClN3O2. The monoisotopic (exact) mass is 399 g/mol. The van der Waals surface area contributed by atoms with E-state index in [4.69, 9.17) is 11.6 Å². The Kier molecular flexibility index (Phi) is 6.93. The zero-order chi connectivity index (χ0) is 19.9. The van der Waals surface area contributed by atoms with Gasteiger partial charge in [-0.25, -0.2) is 0 Å². The maximum atomic E-state index is 11.1. The minimum atomic E-state index is -0.0546. The van der Waals surface area contributed by atoms with Crippen LogP contribution in [-0.4, -0.2) is 17.0 Å². The number of nitrogens with zero attached hydrogens (tertiary/aromatic N) is 1. The molecule has 0 heterocycles. The molecule has 5 nitrogen and oxygen atoms in total. The summed E-state index contributed by atoms with van der Waals surface area (Å²) in [4.78, 5) is 11.1. The molecule has 6 heteroatoms. The molecule has 2 aromatic carbocycles. The molecule has 0 atom stereocenters. The largest absolute Gasteiger partial charge is 0.409 e. The lowest BCUT2D eigenvalue weighted by Crippen LogP contribution is -2.21. The zero-order valence-electron chi connectivity index (χ0n) is 16.0. The summed E-state index contributed by atoms with van der Waals surface area (Å²) < 4.78 is 0. The van der Waals surface area contributed by atoms with Crippen molar-refractivity contribution in [2.24, 2.45) is 11.1 Å². The Morgan fingerprint density at radius 3 is 2.39 bits per heavy atom. The zero-order valence-corrected chi connectivity index (χ0v) is 16.7. The summed E-state index contributed by atoms with van der Waals surface area (Å²) in [6, 6.07) is 15.5. The Morgan fingerprint density at radius 2 is 1.79 bits per heavy atom. The molecule has 0 saturated heterocycles. The molecule has 1 amide bonds. The Bertz CT molecular complexity index is 828. The first kappa shape index (κ1) is 20.2. The molecule has 0 bridgehead atoms. The Hall–Kier alpha value is -2.53. The second-order valence-corrected chi connectivity index (χ2v) is 7.84. The van der Waals surface area contributed by atoms with Crippen LogP contribution in [0.15, 0.2) is 53.7 Å². The lowest BCUT2D eigenvalue weighted by atomic mass is 9.77. The Labute approximate surface area is 170 Å². The van der Waals surface area contributed by atoms with Crippen LogP contribution in [0.4, 0.5) is 11.4 Å². The number of hydrogen-bond acceptors (Lipinski definition) is 3. The van der Waals surface area contributed by atoms with E-state index in [9.17, 15) is 10.0 Å². The molecule has 148 valence electrons. The second kappa shape index (κ2) is 9.60. The van der Waals surface area contributed by atoms with Crippen molar-refractivity contribution in [2.45, 2.75) is 44.9 Å². The van der Waals surface area contributed by atoms with Crippen LogP contribution in [0.5, 0.6) is 0 Å². The first-order valence-electron chi connectivity index (χ1n) is 9.64. The standard InChI is InChI=1S/C22H26ClN3O2/c1-15(27)24-20-11-9-18(10-12-20)17-7-5-16(6-8-17)13-22(26-28)25-21-4-2-3-19(23)14-21/h2-4,9-12,14,16-17,28H,5-8,13H2,1H3,(H,24,27)(H,25,26). The summed E-state index contributed by atoms with van der Waals surface area (Å²) in [6.45, 7) is 1.51. The van der Waals surface area contributed by atoms with Gasteiger partial charge in [0.2, 0.25) is 5.91 Å². The highest BCUT2D eigenvalue weighted by Gasteiger charge is 2.24. The number of benzene rings is 2. The van der Waals surface area contributed by atoms with Crippen molar-refractivity contribution in [3.05, 3.63) is 59.1 Å². The van der Waals surface area contributed by atoms with Crippen LogP contribution in [0.2, 0.25) is 5.02 Å². The quantitative estimate of drug-likeness (QED) is 0.255. The van der Waals surface area contributed by atoms with Crippen molar-refractivity contribution in [1.82, 2.24) is 0 Å². The molecular weight excluding hydrogens is 374 g/mol. The predicted octanol–water partition coefficient (Wildman–Crippen LogP) is 5.86. The summed E-state index contributed by atoms with van der Waals surface area (Å²) in [5.41, 5.74) is 2.98. The number of carbonyl (C=O) groups excluding carboxylic acids is 1. The van der Waals surface area contributed by atoms with Crippen LogP contribution in [0.3, 0.4) is 0 Å². The van der Waals surface area contributed by atoms with E-state index in [-0.39, 0.29) is 5.91 Å². The van der Waals surface area contributed by atoms with Crippen LogP contribution in [0.1, 0.15) is 50.5 Å². The molecule has 0 spiro atoms. The molecule has 3 rings (SSSR count). The summed E-state index contributed by atoms with van der Waals surface area (Å²) in [6.07, 6.45) is 5.12. The van der Waals surface area contributed by atoms with E-state index in [2.05, 4.69) is 27.9 Å². The molecule has 1 fully saturated rings. The molecule has 0 radical (unpaired) electrons. The van der Waals surface area contributed by atoms with Crippen molar-refractivity contribution in [2.75, 3.05) is 10.6 Å². The summed E-state index contributed by atoms with van der Waals surface area (Å²) >= 11 is 6.01. The maximum Gasteiger partial charge on any atom is 0.221 e. The average Bonchev–Trinajstić information content (AvgIpc) is 2.68. The summed E-state index contributed by atoms with van der Waals surface area (Å²) in [7, 11) is 0. The number of oxime groups is 1. The van der Waals surface area contributed by atoms with Gasteiger partial charge < -0.3 is 15.8 Å². The fraction of sp³-hybridized carbons (Fsp3) is 0.364. The second-order valence-electron chi connectivity index (χ2n) is 7.41. The third-order valence-corrected chi connectivity index (χ3v) is 5.50. The van der Waals surface area contributed by atoms with E-state index in [0.717, 1.165) is 43.5 Å². The molecule has 1 aliphatic rings. The van der Waals surface area contributed by atoms with Gasteiger partial charge in [-0.1, -0.05) is 35.0 Å². The minimum absolute atomic E-state index is 0.0546. The highest BCUT2D eigenvalue weighted by atomic mass is 35.5. The van der Waals surface area contributed by atoms with Gasteiger partial charge in [-0.05, 0) is 73.4 Å². The van der Waals surface area contributed by atoms with E-state index < -0.39 is 0 Å². The highest BCUT2D eigenvalue weighted by Crippen LogP contribution is 2.37. The van der Waals surface area contributed by atoms with E-state index in [1.165, 1.54) is 12.5 Å². The van der Waals surface area contributed by atoms with Crippen LogP contribution in [0.25, 0.3) is 0 Å². The van der Waals surface area contributed by atoms with E-state index in [0.29, 0.717) is 22.7 Å². The van der Waals surface area contributed by atoms with Gasteiger partial charge in [0.15, 0.2) is 0 Å². The van der Waals surface area contributed by atoms with Crippen molar-refractivity contribution in [3.8, 4) is 0 Å². The van der Waals surface area contributed by atoms with Gasteiger partial charge in [0.25, 0.3) is 0 Å². The van der Waals surface area contributed by atoms with Crippen LogP contribution >= 0.6 is 11.6 Å². The van der Waals surface area contributed by atoms with Gasteiger partial charge in [0, 0.05) is 29.7 Å². The number of halogens is 1. The van der Waals surface area contributed by atoms with Gasteiger partial charge in [-0.2, -0.15) is 0 Å². The third kappa shape index (κ3) is 5.73. The fourth-order valence-electron chi connectivity index (χ4n) is 3.86. The van der Waals surface area contributed by atoms with E-state index >= 15 is 0 Å². The lowest BCUT2D eigenvalue weighted by Gasteiger charge is -2.29. The number of nitrogens with one attached hydrogen (secondary N) is 2. The van der Waals surface area contributed by atoms with E-state index in [1.54, 1.807) is 0 Å². The first-order valence-corrected chi connectivity index (χ1v) is 10.0. The topological polar surface area (TPSA) is 73.7 Å². The molecule has 2 aromatic rings. The van der Waals surface area contributed by atoms with Crippen LogP contribution < -0.4 is 10.6 Å². The summed E-state index contributed by atoms with van der Waals surface area (Å²) in [5, 5.41) is 19.4. The molecule has 0 aromatic heterocycles. The lowest BCUT2D eigenvalue weighted by molar-refractivity contribution is -0.114. The summed E-state index contributed by atoms with van der Waals surface area (Å²) in [5.74, 6) is 1.55. The third-order valence-electron chi connectivity index (χ3n) is 5.27. The fourth-order valence-corrected chi connectivity index (χ4v) is 4.06. The molecule has 3 N–H and O–H groups in total. The number of anilines is 2. The first-order chi connectivity index (χ1) is 13.5. The van der Waals surface area contributed by atoms with Gasteiger partial charge in [-0.15, -0.1) is 0 Å². The number of rotatable bonds is 5. The van der Waals surface area contributed by atoms with Gasteiger partial charge in [0.05, 0.1) is 0 Å². The minimum Gasteiger partial charge on any atom is -0.409 e. The molecule has 28 heavy (non-hydrogen) atoms. The molecule has 1 aliphatic carbocycles. The number of amidine groups is 1. The van der Waals surface area contributed by atoms with Crippen molar-refractivity contribution >= 4 is 34.7 Å². The molecule has 0 unspecified atom stereocenters. The van der Waals surface area contributed by atoms with Gasteiger partial charge >= 0.3 is 0 Å². The highest BCUT2D eigenvalue weighted by molar-refractivity contribution is 6.30. The van der Waals surface area contributed by atoms with Gasteiger partial charge in [0.1, 0.15) is 5.84 Å². The van der Waals surface area contributed by atoms with E-state index in [1.807, 2.05) is 36.4 Å². The number of carbonyl (C=O) groups is 1. The molecule has 1 saturated carbocycles. The van der Waals surface area contributed by atoms with Crippen LogP contribution in [-0.2, 0) is 4.79 Å². The van der Waals surface area contributed by atoms with Crippen molar-refractivity contribution in [1.29, 1.82) is 0 Å². The van der Waals surface area contributed by atoms with Crippen molar-refractivity contribution < 1.29 is 10.0 Å². The Balaban J connectivity index is 1.51. The SMILES string of the molecule is CC(=O)Nc1ccc(C2CCC(C/C(=N/O)Nc3cccc(Cl)c3)CC2)cc1. The predicted molar refractivity (Wildman–Crippen MR) is 114 cm³/mol. The van der Waals surface area contributed by atoms with Crippen LogP contribution in [0, 0.1) is 5.92 Å². The normalized spacial score (nSPS) is 19.9. The molecule has 0 aliphatic heterocycles. The number of amides is 1. The Morgan fingerprint density at radius 1 is 1.07 bits per heavy atom. The van der Waals surface area contributed by atoms with Gasteiger partial charge in [-0.3, -0.25) is 4.79 Å².